The van der Waals surface area contributed by atoms with Crippen molar-refractivity contribution in [2.75, 3.05) is 18.9 Å². The molecule has 122 valence electrons. The molecule has 1 aromatic heterocycles. The van der Waals surface area contributed by atoms with Crippen molar-refractivity contribution in [2.24, 2.45) is 0 Å². The molecule has 2 aromatic rings. The van der Waals surface area contributed by atoms with Crippen LogP contribution in [0.3, 0.4) is 0 Å². The highest BCUT2D eigenvalue weighted by Crippen LogP contribution is 2.25. The Morgan fingerprint density at radius 1 is 1.26 bits per heavy atom. The fraction of sp³-hybridized carbons (Fsp3) is 0.353. The van der Waals surface area contributed by atoms with Crippen LogP contribution < -0.4 is 5.32 Å². The molecule has 0 spiro atoms. The van der Waals surface area contributed by atoms with E-state index in [1.165, 1.54) is 5.56 Å². The van der Waals surface area contributed by atoms with E-state index in [-0.39, 0.29) is 5.91 Å². The molecule has 5 nitrogen and oxygen atoms in total. The standard InChI is InChI=1S/C17H21BrN4O/c1-4-5-10-22(3)17(23)15-8-9-16(21-20-15)19-14-7-6-12(2)11-13(14)18/h6-9,11H,4-5,10H2,1-3H3,(H,19,21). The third kappa shape index (κ3) is 4.76. The second-order valence-electron chi connectivity index (χ2n) is 5.49. The van der Waals surface area contributed by atoms with Crippen molar-refractivity contribution >= 4 is 33.3 Å². The van der Waals surface area contributed by atoms with Crippen LogP contribution >= 0.6 is 15.9 Å². The summed E-state index contributed by atoms with van der Waals surface area (Å²) in [7, 11) is 1.79. The molecule has 0 saturated carbocycles. The predicted octanol–water partition coefficient (Wildman–Crippen LogP) is 4.16. The number of rotatable bonds is 6. The van der Waals surface area contributed by atoms with Crippen molar-refractivity contribution in [1.82, 2.24) is 15.1 Å². The van der Waals surface area contributed by atoms with Gasteiger partial charge in [0.1, 0.15) is 0 Å². The molecule has 6 heteroatoms. The molecule has 1 heterocycles. The summed E-state index contributed by atoms with van der Waals surface area (Å²) in [6.07, 6.45) is 2.04. The van der Waals surface area contributed by atoms with E-state index in [4.69, 9.17) is 0 Å². The number of aryl methyl sites for hydroxylation is 1. The largest absolute Gasteiger partial charge is 0.340 e. The van der Waals surface area contributed by atoms with E-state index in [2.05, 4.69) is 38.4 Å². The Balaban J connectivity index is 2.05. The van der Waals surface area contributed by atoms with Gasteiger partial charge in [0.05, 0.1) is 5.69 Å². The van der Waals surface area contributed by atoms with Gasteiger partial charge >= 0.3 is 0 Å². The van der Waals surface area contributed by atoms with Crippen LogP contribution in [-0.2, 0) is 0 Å². The zero-order valence-electron chi connectivity index (χ0n) is 13.6. The summed E-state index contributed by atoms with van der Waals surface area (Å²) in [5, 5.41) is 11.3. The minimum Gasteiger partial charge on any atom is -0.340 e. The lowest BCUT2D eigenvalue weighted by molar-refractivity contribution is 0.0786. The van der Waals surface area contributed by atoms with Gasteiger partial charge in [-0.05, 0) is 59.1 Å². The van der Waals surface area contributed by atoms with Crippen molar-refractivity contribution in [3.63, 3.8) is 0 Å². The van der Waals surface area contributed by atoms with Gasteiger partial charge in [-0.2, -0.15) is 0 Å². The topological polar surface area (TPSA) is 58.1 Å². The predicted molar refractivity (Wildman–Crippen MR) is 96.1 cm³/mol. The summed E-state index contributed by atoms with van der Waals surface area (Å²) in [5.41, 5.74) is 2.44. The van der Waals surface area contributed by atoms with E-state index in [1.807, 2.05) is 25.1 Å². The molecular weight excluding hydrogens is 356 g/mol. The molecule has 0 fully saturated rings. The molecule has 23 heavy (non-hydrogen) atoms. The average molecular weight is 377 g/mol. The van der Waals surface area contributed by atoms with E-state index in [0.717, 1.165) is 29.5 Å². The quantitative estimate of drug-likeness (QED) is 0.821. The maximum Gasteiger partial charge on any atom is 0.274 e. The number of unbranched alkanes of at least 4 members (excludes halogenated alkanes) is 1. The Labute approximate surface area is 145 Å². The van der Waals surface area contributed by atoms with Gasteiger partial charge in [0.15, 0.2) is 11.5 Å². The lowest BCUT2D eigenvalue weighted by Crippen LogP contribution is -2.28. The first-order valence-electron chi connectivity index (χ1n) is 7.63. The maximum atomic E-state index is 12.2. The van der Waals surface area contributed by atoms with Crippen LogP contribution in [0.15, 0.2) is 34.8 Å². The second kappa shape index (κ2) is 8.06. The first kappa shape index (κ1) is 17.4. The van der Waals surface area contributed by atoms with Crippen molar-refractivity contribution in [1.29, 1.82) is 0 Å². The van der Waals surface area contributed by atoms with Crippen LogP contribution in [0, 0.1) is 6.92 Å². The van der Waals surface area contributed by atoms with Gasteiger partial charge in [-0.3, -0.25) is 4.79 Å². The minimum absolute atomic E-state index is 0.103. The summed E-state index contributed by atoms with van der Waals surface area (Å²) in [6, 6.07) is 9.47. The smallest absolute Gasteiger partial charge is 0.274 e. The lowest BCUT2D eigenvalue weighted by atomic mass is 10.2. The molecule has 0 aliphatic heterocycles. The molecule has 0 aliphatic carbocycles. The molecule has 0 bridgehead atoms. The fourth-order valence-corrected chi connectivity index (χ4v) is 2.66. The number of benzene rings is 1. The Hall–Kier alpha value is -1.95. The number of hydrogen-bond acceptors (Lipinski definition) is 4. The molecule has 0 unspecified atom stereocenters. The molecule has 0 saturated heterocycles. The van der Waals surface area contributed by atoms with Gasteiger partial charge in [0, 0.05) is 18.1 Å². The van der Waals surface area contributed by atoms with Gasteiger partial charge in [0.25, 0.3) is 5.91 Å². The molecular formula is C17H21BrN4O. The number of carbonyl (C=O) groups is 1. The van der Waals surface area contributed by atoms with Gasteiger partial charge in [-0.15, -0.1) is 10.2 Å². The molecule has 0 aliphatic rings. The van der Waals surface area contributed by atoms with Crippen LogP contribution in [0.2, 0.25) is 0 Å². The molecule has 2 rings (SSSR count). The van der Waals surface area contributed by atoms with Crippen LogP contribution in [-0.4, -0.2) is 34.6 Å². The number of aromatic nitrogens is 2. The Kier molecular flexibility index (Phi) is 6.10. The SMILES string of the molecule is CCCCN(C)C(=O)c1ccc(Nc2ccc(C)cc2Br)nn1. The second-order valence-corrected chi connectivity index (χ2v) is 6.35. The zero-order valence-corrected chi connectivity index (χ0v) is 15.2. The summed E-state index contributed by atoms with van der Waals surface area (Å²) in [6.45, 7) is 4.86. The number of amides is 1. The number of halogens is 1. The molecule has 1 N–H and O–H groups in total. The van der Waals surface area contributed by atoms with Crippen LogP contribution in [0.4, 0.5) is 11.5 Å². The monoisotopic (exact) mass is 376 g/mol. The van der Waals surface area contributed by atoms with Gasteiger partial charge in [-0.25, -0.2) is 0 Å². The Morgan fingerprint density at radius 3 is 2.65 bits per heavy atom. The highest BCUT2D eigenvalue weighted by atomic mass is 79.9. The molecule has 0 atom stereocenters. The fourth-order valence-electron chi connectivity index (χ4n) is 2.06. The third-order valence-electron chi connectivity index (χ3n) is 3.46. The Bertz CT molecular complexity index is 673. The summed E-state index contributed by atoms with van der Waals surface area (Å²) in [4.78, 5) is 13.9. The third-order valence-corrected chi connectivity index (χ3v) is 4.12. The van der Waals surface area contributed by atoms with Crippen molar-refractivity contribution in [2.45, 2.75) is 26.7 Å². The van der Waals surface area contributed by atoms with Crippen LogP contribution in [0.25, 0.3) is 0 Å². The highest BCUT2D eigenvalue weighted by Gasteiger charge is 2.13. The van der Waals surface area contributed by atoms with Gasteiger partial charge in [0.2, 0.25) is 0 Å². The number of hydrogen-bond donors (Lipinski definition) is 1. The maximum absolute atomic E-state index is 12.2. The summed E-state index contributed by atoms with van der Waals surface area (Å²) >= 11 is 3.51. The summed E-state index contributed by atoms with van der Waals surface area (Å²) in [5.74, 6) is 0.497. The first-order chi connectivity index (χ1) is 11.0. The van der Waals surface area contributed by atoms with Gasteiger partial charge < -0.3 is 10.2 Å². The average Bonchev–Trinajstić information content (AvgIpc) is 2.55. The van der Waals surface area contributed by atoms with Crippen molar-refractivity contribution < 1.29 is 4.79 Å². The molecule has 1 amide bonds. The number of nitrogens with one attached hydrogen (secondary N) is 1. The van der Waals surface area contributed by atoms with E-state index in [9.17, 15) is 4.79 Å². The Morgan fingerprint density at radius 2 is 2.04 bits per heavy atom. The zero-order chi connectivity index (χ0) is 16.8. The van der Waals surface area contributed by atoms with Crippen LogP contribution in [0.5, 0.6) is 0 Å². The summed E-state index contributed by atoms with van der Waals surface area (Å²) < 4.78 is 0.957. The first-order valence-corrected chi connectivity index (χ1v) is 8.43. The number of anilines is 2. The minimum atomic E-state index is -0.103. The van der Waals surface area contributed by atoms with E-state index in [1.54, 1.807) is 24.1 Å². The molecule has 1 aromatic carbocycles. The van der Waals surface area contributed by atoms with Gasteiger partial charge in [-0.1, -0.05) is 19.4 Å². The van der Waals surface area contributed by atoms with Crippen molar-refractivity contribution in [3.8, 4) is 0 Å². The van der Waals surface area contributed by atoms with E-state index < -0.39 is 0 Å². The van der Waals surface area contributed by atoms with Crippen molar-refractivity contribution in [3.05, 3.63) is 46.1 Å². The lowest BCUT2D eigenvalue weighted by Gasteiger charge is -2.15. The van der Waals surface area contributed by atoms with E-state index in [0.29, 0.717) is 11.5 Å². The normalized spacial score (nSPS) is 10.4. The van der Waals surface area contributed by atoms with E-state index >= 15 is 0 Å². The highest BCUT2D eigenvalue weighted by molar-refractivity contribution is 9.10. The molecule has 0 radical (unpaired) electrons. The van der Waals surface area contributed by atoms with Crippen LogP contribution in [0.1, 0.15) is 35.8 Å². The number of nitrogens with zero attached hydrogens (tertiary/aromatic N) is 3. The number of carbonyl (C=O) groups excluding carboxylic acids is 1.